The minimum absolute atomic E-state index is 0.00549. The first-order valence-corrected chi connectivity index (χ1v) is 8.03. The third-order valence-electron chi connectivity index (χ3n) is 3.36. The van der Waals surface area contributed by atoms with Crippen LogP contribution in [0.2, 0.25) is 0 Å². The van der Waals surface area contributed by atoms with Crippen molar-refractivity contribution in [1.29, 1.82) is 0 Å². The standard InChI is InChI=1S/C16H17FN2O3S/c1-10(11-2-4-12(17)5-3-11)8-14(20)18-7-6-15-19-13(9-23-15)16(21)22/h2-5,9-10H,6-8H2,1H3,(H,18,20)(H,21,22). The summed E-state index contributed by atoms with van der Waals surface area (Å²) in [7, 11) is 0. The number of carboxylic acids is 1. The van der Waals surface area contributed by atoms with E-state index in [1.165, 1.54) is 28.8 Å². The maximum Gasteiger partial charge on any atom is 0.355 e. The average molecular weight is 336 g/mol. The second-order valence-electron chi connectivity index (χ2n) is 5.19. The highest BCUT2D eigenvalue weighted by Crippen LogP contribution is 2.19. The van der Waals surface area contributed by atoms with E-state index in [0.29, 0.717) is 24.4 Å². The maximum atomic E-state index is 12.9. The van der Waals surface area contributed by atoms with Gasteiger partial charge in [-0.15, -0.1) is 11.3 Å². The van der Waals surface area contributed by atoms with E-state index < -0.39 is 5.97 Å². The number of carbonyl (C=O) groups is 2. The molecule has 1 aromatic carbocycles. The summed E-state index contributed by atoms with van der Waals surface area (Å²) in [6.07, 6.45) is 0.804. The highest BCUT2D eigenvalue weighted by Gasteiger charge is 2.12. The lowest BCUT2D eigenvalue weighted by Crippen LogP contribution is -2.26. The summed E-state index contributed by atoms with van der Waals surface area (Å²) in [4.78, 5) is 26.6. The van der Waals surface area contributed by atoms with Gasteiger partial charge in [0.1, 0.15) is 5.82 Å². The lowest BCUT2D eigenvalue weighted by atomic mass is 9.97. The smallest absolute Gasteiger partial charge is 0.355 e. The van der Waals surface area contributed by atoms with E-state index in [1.807, 2.05) is 6.92 Å². The zero-order valence-corrected chi connectivity index (χ0v) is 13.4. The number of amides is 1. The van der Waals surface area contributed by atoms with Crippen LogP contribution >= 0.6 is 11.3 Å². The van der Waals surface area contributed by atoms with Crippen LogP contribution in [0, 0.1) is 5.82 Å². The highest BCUT2D eigenvalue weighted by atomic mass is 32.1. The van der Waals surface area contributed by atoms with Crippen LogP contribution in [-0.4, -0.2) is 28.5 Å². The number of carbonyl (C=O) groups excluding carboxylic acids is 1. The third-order valence-corrected chi connectivity index (χ3v) is 4.27. The molecule has 5 nitrogen and oxygen atoms in total. The molecule has 23 heavy (non-hydrogen) atoms. The van der Waals surface area contributed by atoms with E-state index in [1.54, 1.807) is 12.1 Å². The van der Waals surface area contributed by atoms with Gasteiger partial charge in [0, 0.05) is 24.8 Å². The van der Waals surface area contributed by atoms with E-state index in [4.69, 9.17) is 5.11 Å². The Labute approximate surface area is 137 Å². The molecule has 2 rings (SSSR count). The minimum atomic E-state index is -1.05. The van der Waals surface area contributed by atoms with Crippen molar-refractivity contribution < 1.29 is 19.1 Å². The summed E-state index contributed by atoms with van der Waals surface area (Å²) in [5, 5.41) is 13.7. The molecular weight excluding hydrogens is 319 g/mol. The first-order valence-electron chi connectivity index (χ1n) is 7.15. The normalized spacial score (nSPS) is 11.9. The van der Waals surface area contributed by atoms with Crippen molar-refractivity contribution in [2.45, 2.75) is 25.7 Å². The van der Waals surface area contributed by atoms with Gasteiger partial charge in [-0.2, -0.15) is 0 Å². The van der Waals surface area contributed by atoms with Crippen LogP contribution in [0.5, 0.6) is 0 Å². The lowest BCUT2D eigenvalue weighted by molar-refractivity contribution is -0.121. The van der Waals surface area contributed by atoms with Gasteiger partial charge in [-0.3, -0.25) is 4.79 Å². The fourth-order valence-corrected chi connectivity index (χ4v) is 2.86. The number of carboxylic acid groups (broad SMARTS) is 1. The molecule has 0 radical (unpaired) electrons. The van der Waals surface area contributed by atoms with Crippen molar-refractivity contribution in [3.63, 3.8) is 0 Å². The van der Waals surface area contributed by atoms with E-state index >= 15 is 0 Å². The number of rotatable bonds is 7. The summed E-state index contributed by atoms with van der Waals surface area (Å²) in [5.74, 6) is -1.45. The molecule has 122 valence electrons. The molecule has 7 heteroatoms. The topological polar surface area (TPSA) is 79.3 Å². The molecule has 1 aromatic heterocycles. The molecule has 0 aliphatic rings. The summed E-state index contributed by atoms with van der Waals surface area (Å²) in [6.45, 7) is 2.31. The van der Waals surface area contributed by atoms with Crippen molar-refractivity contribution in [2.75, 3.05) is 6.54 Å². The number of halogens is 1. The van der Waals surface area contributed by atoms with Crippen molar-refractivity contribution >= 4 is 23.2 Å². The molecule has 0 aliphatic carbocycles. The summed E-state index contributed by atoms with van der Waals surface area (Å²) in [6, 6.07) is 6.12. The Morgan fingerprint density at radius 3 is 2.65 bits per heavy atom. The predicted molar refractivity (Wildman–Crippen MR) is 85.2 cm³/mol. The van der Waals surface area contributed by atoms with E-state index in [9.17, 15) is 14.0 Å². The van der Waals surface area contributed by atoms with Gasteiger partial charge >= 0.3 is 5.97 Å². The Balaban J connectivity index is 1.76. The molecule has 2 N–H and O–H groups in total. The Kier molecular flexibility index (Phi) is 5.81. The third kappa shape index (κ3) is 5.14. The quantitative estimate of drug-likeness (QED) is 0.815. The summed E-state index contributed by atoms with van der Waals surface area (Å²) >= 11 is 1.26. The predicted octanol–water partition coefficient (Wildman–Crippen LogP) is 2.83. The Hall–Kier alpha value is -2.28. The minimum Gasteiger partial charge on any atom is -0.476 e. The van der Waals surface area contributed by atoms with Gasteiger partial charge in [-0.1, -0.05) is 19.1 Å². The van der Waals surface area contributed by atoms with Crippen LogP contribution in [-0.2, 0) is 11.2 Å². The van der Waals surface area contributed by atoms with Gasteiger partial charge in [-0.25, -0.2) is 14.2 Å². The number of nitrogens with zero attached hydrogens (tertiary/aromatic N) is 1. The molecule has 0 bridgehead atoms. The first-order chi connectivity index (χ1) is 11.0. The van der Waals surface area contributed by atoms with Gasteiger partial charge in [-0.05, 0) is 23.6 Å². The van der Waals surface area contributed by atoms with Gasteiger partial charge in [0.2, 0.25) is 5.91 Å². The van der Waals surface area contributed by atoms with E-state index in [0.717, 1.165) is 5.56 Å². The van der Waals surface area contributed by atoms with Crippen molar-refractivity contribution in [2.24, 2.45) is 0 Å². The van der Waals surface area contributed by atoms with Gasteiger partial charge in [0.25, 0.3) is 0 Å². The van der Waals surface area contributed by atoms with Crippen LogP contribution in [0.1, 0.15) is 40.3 Å². The van der Waals surface area contributed by atoms with E-state index in [2.05, 4.69) is 10.3 Å². The monoisotopic (exact) mass is 336 g/mol. The summed E-state index contributed by atoms with van der Waals surface area (Å²) < 4.78 is 12.9. The summed E-state index contributed by atoms with van der Waals surface area (Å²) in [5.41, 5.74) is 0.939. The molecule has 0 saturated heterocycles. The van der Waals surface area contributed by atoms with Gasteiger partial charge in [0.05, 0.1) is 5.01 Å². The number of hydrogen-bond acceptors (Lipinski definition) is 4. The number of aromatic carboxylic acids is 1. The second kappa shape index (κ2) is 7.82. The van der Waals surface area contributed by atoms with Crippen molar-refractivity contribution in [3.05, 3.63) is 51.7 Å². The molecule has 0 fully saturated rings. The molecular formula is C16H17FN2O3S. The van der Waals surface area contributed by atoms with Crippen molar-refractivity contribution in [3.8, 4) is 0 Å². The second-order valence-corrected chi connectivity index (χ2v) is 6.13. The number of nitrogens with one attached hydrogen (secondary N) is 1. The fourth-order valence-electron chi connectivity index (χ4n) is 2.09. The van der Waals surface area contributed by atoms with Crippen LogP contribution in [0.25, 0.3) is 0 Å². The molecule has 0 saturated carbocycles. The van der Waals surface area contributed by atoms with Gasteiger partial charge < -0.3 is 10.4 Å². The molecule has 1 amide bonds. The fraction of sp³-hybridized carbons (Fsp3) is 0.312. The SMILES string of the molecule is CC(CC(=O)NCCc1nc(C(=O)O)cs1)c1ccc(F)cc1. The largest absolute Gasteiger partial charge is 0.476 e. The van der Waals surface area contributed by atoms with Crippen LogP contribution in [0.3, 0.4) is 0 Å². The van der Waals surface area contributed by atoms with Gasteiger partial charge in [0.15, 0.2) is 5.69 Å². The Bertz CT molecular complexity index is 685. The zero-order valence-electron chi connectivity index (χ0n) is 12.6. The van der Waals surface area contributed by atoms with E-state index in [-0.39, 0.29) is 23.3 Å². The number of benzene rings is 1. The average Bonchev–Trinajstić information content (AvgIpc) is 2.97. The maximum absolute atomic E-state index is 12.9. The number of aromatic nitrogens is 1. The molecule has 0 aliphatic heterocycles. The number of thiazole rings is 1. The van der Waals surface area contributed by atoms with Crippen LogP contribution < -0.4 is 5.32 Å². The first kappa shape index (κ1) is 17.1. The Morgan fingerprint density at radius 1 is 1.35 bits per heavy atom. The van der Waals surface area contributed by atoms with Crippen molar-refractivity contribution in [1.82, 2.24) is 10.3 Å². The molecule has 1 atom stereocenters. The highest BCUT2D eigenvalue weighted by molar-refractivity contribution is 7.09. The number of hydrogen-bond donors (Lipinski definition) is 2. The van der Waals surface area contributed by atoms with Crippen LogP contribution in [0.4, 0.5) is 4.39 Å². The molecule has 0 spiro atoms. The Morgan fingerprint density at radius 2 is 2.04 bits per heavy atom. The zero-order chi connectivity index (χ0) is 16.8. The lowest BCUT2D eigenvalue weighted by Gasteiger charge is -2.11. The van der Waals surface area contributed by atoms with Crippen LogP contribution in [0.15, 0.2) is 29.6 Å². The molecule has 1 unspecified atom stereocenters. The molecule has 1 heterocycles. The molecule has 2 aromatic rings.